The van der Waals surface area contributed by atoms with E-state index >= 15 is 0 Å². The summed E-state index contributed by atoms with van der Waals surface area (Å²) in [7, 11) is 0. The molecule has 1 aromatic rings. The first kappa shape index (κ1) is 14.2. The van der Waals surface area contributed by atoms with Gasteiger partial charge in [-0.05, 0) is 18.2 Å². The first-order valence-corrected chi connectivity index (χ1v) is 5.17. The fourth-order valence-corrected chi connectivity index (χ4v) is 1.36. The summed E-state index contributed by atoms with van der Waals surface area (Å²) >= 11 is 5.57. The maximum Gasteiger partial charge on any atom is 0.328 e. The smallest absolute Gasteiger partial charge is 0.328 e. The monoisotopic (exact) mass is 276 g/mol. The second-order valence-electron chi connectivity index (χ2n) is 3.33. The van der Waals surface area contributed by atoms with Gasteiger partial charge in [-0.1, -0.05) is 11.6 Å². The number of carbonyl (C=O) groups excluding carboxylic acids is 1. The SMILES string of the molecule is O=C(Nc1cc(F)cc(Cl)c1)N[C@@H](CO)C(=O)O. The number of benzene rings is 1. The van der Waals surface area contributed by atoms with Crippen molar-refractivity contribution in [1.82, 2.24) is 5.32 Å². The molecule has 0 heterocycles. The van der Waals surface area contributed by atoms with E-state index in [4.69, 9.17) is 21.8 Å². The third kappa shape index (κ3) is 4.19. The number of aliphatic hydroxyl groups excluding tert-OH is 1. The van der Waals surface area contributed by atoms with Gasteiger partial charge in [0, 0.05) is 10.7 Å². The summed E-state index contributed by atoms with van der Waals surface area (Å²) < 4.78 is 12.9. The van der Waals surface area contributed by atoms with Crippen molar-refractivity contribution in [3.63, 3.8) is 0 Å². The van der Waals surface area contributed by atoms with Crippen molar-refractivity contribution in [3.05, 3.63) is 29.0 Å². The second kappa shape index (κ2) is 6.18. The predicted octanol–water partition coefficient (Wildman–Crippen LogP) is 1.05. The molecule has 0 aliphatic carbocycles. The van der Waals surface area contributed by atoms with Crippen molar-refractivity contribution >= 4 is 29.3 Å². The van der Waals surface area contributed by atoms with Gasteiger partial charge in [-0.2, -0.15) is 0 Å². The Morgan fingerprint density at radius 2 is 2.06 bits per heavy atom. The fourth-order valence-electron chi connectivity index (χ4n) is 1.14. The molecule has 0 spiro atoms. The van der Waals surface area contributed by atoms with Gasteiger partial charge in [-0.15, -0.1) is 0 Å². The molecule has 1 rings (SSSR count). The molecular weight excluding hydrogens is 267 g/mol. The zero-order chi connectivity index (χ0) is 13.7. The number of amides is 2. The summed E-state index contributed by atoms with van der Waals surface area (Å²) in [6, 6.07) is 1.03. The Bertz CT molecular complexity index is 449. The number of carboxylic acid groups (broad SMARTS) is 1. The molecule has 1 aromatic carbocycles. The van der Waals surface area contributed by atoms with E-state index in [1.165, 1.54) is 6.07 Å². The summed E-state index contributed by atoms with van der Waals surface area (Å²) in [6.45, 7) is -0.757. The van der Waals surface area contributed by atoms with Crippen LogP contribution in [0.15, 0.2) is 18.2 Å². The highest BCUT2D eigenvalue weighted by atomic mass is 35.5. The summed E-state index contributed by atoms with van der Waals surface area (Å²) in [4.78, 5) is 21.9. The number of hydrogen-bond donors (Lipinski definition) is 4. The molecular formula is C10H10ClFN2O4. The molecule has 0 radical (unpaired) electrons. The van der Waals surface area contributed by atoms with Crippen LogP contribution in [0.2, 0.25) is 5.02 Å². The van der Waals surface area contributed by atoms with Crippen LogP contribution in [0.3, 0.4) is 0 Å². The van der Waals surface area contributed by atoms with Crippen LogP contribution in [0, 0.1) is 5.82 Å². The van der Waals surface area contributed by atoms with E-state index in [0.717, 1.165) is 12.1 Å². The van der Waals surface area contributed by atoms with Crippen LogP contribution in [0.25, 0.3) is 0 Å². The van der Waals surface area contributed by atoms with Crippen LogP contribution >= 0.6 is 11.6 Å². The first-order chi connectivity index (χ1) is 8.42. The fraction of sp³-hybridized carbons (Fsp3) is 0.200. The number of urea groups is 1. The van der Waals surface area contributed by atoms with E-state index in [-0.39, 0.29) is 10.7 Å². The molecule has 0 aliphatic rings. The molecule has 98 valence electrons. The van der Waals surface area contributed by atoms with Crippen molar-refractivity contribution in [2.75, 3.05) is 11.9 Å². The molecule has 4 N–H and O–H groups in total. The number of hydrogen-bond acceptors (Lipinski definition) is 3. The van der Waals surface area contributed by atoms with Gasteiger partial charge in [0.2, 0.25) is 0 Å². The van der Waals surface area contributed by atoms with E-state index < -0.39 is 30.5 Å². The van der Waals surface area contributed by atoms with Crippen molar-refractivity contribution < 1.29 is 24.2 Å². The maximum atomic E-state index is 12.9. The number of halogens is 2. The van der Waals surface area contributed by atoms with E-state index in [1.54, 1.807) is 0 Å². The Morgan fingerprint density at radius 1 is 1.39 bits per heavy atom. The molecule has 0 aliphatic heterocycles. The number of carboxylic acids is 1. The molecule has 18 heavy (non-hydrogen) atoms. The number of anilines is 1. The van der Waals surface area contributed by atoms with Gasteiger partial charge in [-0.3, -0.25) is 0 Å². The highest BCUT2D eigenvalue weighted by Crippen LogP contribution is 2.17. The predicted molar refractivity (Wildman–Crippen MR) is 62.1 cm³/mol. The molecule has 0 fully saturated rings. The van der Waals surface area contributed by atoms with Gasteiger partial charge in [-0.25, -0.2) is 14.0 Å². The quantitative estimate of drug-likeness (QED) is 0.660. The molecule has 6 nitrogen and oxygen atoms in total. The van der Waals surface area contributed by atoms with Crippen LogP contribution in [-0.2, 0) is 4.79 Å². The Morgan fingerprint density at radius 3 is 2.56 bits per heavy atom. The molecule has 0 saturated heterocycles. The lowest BCUT2D eigenvalue weighted by Crippen LogP contribution is -2.45. The van der Waals surface area contributed by atoms with Gasteiger partial charge in [0.15, 0.2) is 6.04 Å². The van der Waals surface area contributed by atoms with Crippen molar-refractivity contribution in [1.29, 1.82) is 0 Å². The highest BCUT2D eigenvalue weighted by molar-refractivity contribution is 6.30. The van der Waals surface area contributed by atoms with Gasteiger partial charge in [0.05, 0.1) is 6.61 Å². The van der Waals surface area contributed by atoms with Gasteiger partial charge < -0.3 is 20.8 Å². The van der Waals surface area contributed by atoms with Crippen LogP contribution in [0.5, 0.6) is 0 Å². The molecule has 8 heteroatoms. The Kier molecular flexibility index (Phi) is 4.87. The summed E-state index contributed by atoms with van der Waals surface area (Å²) in [5.41, 5.74) is 0.0691. The molecule has 2 amide bonds. The van der Waals surface area contributed by atoms with Gasteiger partial charge in [0.25, 0.3) is 0 Å². The largest absolute Gasteiger partial charge is 0.480 e. The summed E-state index contributed by atoms with van der Waals surface area (Å²) in [5, 5.41) is 21.6. The number of aliphatic carboxylic acids is 1. The zero-order valence-electron chi connectivity index (χ0n) is 8.98. The third-order valence-corrected chi connectivity index (χ3v) is 2.12. The molecule has 0 aromatic heterocycles. The average Bonchev–Trinajstić information content (AvgIpc) is 2.23. The Hall–Kier alpha value is -1.86. The normalized spacial score (nSPS) is 11.7. The Labute approximate surface area is 106 Å². The number of rotatable bonds is 4. The highest BCUT2D eigenvalue weighted by Gasteiger charge is 2.18. The minimum atomic E-state index is -1.44. The van der Waals surface area contributed by atoms with Crippen LogP contribution < -0.4 is 10.6 Å². The average molecular weight is 277 g/mol. The maximum absolute atomic E-state index is 12.9. The van der Waals surface area contributed by atoms with Crippen LogP contribution in [0.1, 0.15) is 0 Å². The standard InChI is InChI=1S/C10H10ClFN2O4/c11-5-1-6(12)3-7(2-5)13-10(18)14-8(4-15)9(16)17/h1-3,8,15H,4H2,(H,16,17)(H2,13,14,18)/t8-/m0/s1. The van der Waals surface area contributed by atoms with Gasteiger partial charge >= 0.3 is 12.0 Å². The molecule has 0 saturated carbocycles. The van der Waals surface area contributed by atoms with E-state index in [9.17, 15) is 14.0 Å². The molecule has 0 unspecified atom stereocenters. The second-order valence-corrected chi connectivity index (χ2v) is 3.77. The number of aliphatic hydroxyl groups is 1. The minimum absolute atomic E-state index is 0.0691. The number of nitrogens with one attached hydrogen (secondary N) is 2. The number of carbonyl (C=O) groups is 2. The molecule has 0 bridgehead atoms. The van der Waals surface area contributed by atoms with Crippen molar-refractivity contribution in [3.8, 4) is 0 Å². The molecule has 1 atom stereocenters. The lowest BCUT2D eigenvalue weighted by atomic mass is 10.3. The summed E-state index contributed by atoms with van der Waals surface area (Å²) in [6.07, 6.45) is 0. The lowest BCUT2D eigenvalue weighted by Gasteiger charge is -2.12. The zero-order valence-corrected chi connectivity index (χ0v) is 9.74. The van der Waals surface area contributed by atoms with Crippen LogP contribution in [-0.4, -0.2) is 34.9 Å². The van der Waals surface area contributed by atoms with E-state index in [1.807, 2.05) is 5.32 Å². The van der Waals surface area contributed by atoms with Gasteiger partial charge in [0.1, 0.15) is 5.82 Å². The van der Waals surface area contributed by atoms with E-state index in [0.29, 0.717) is 0 Å². The third-order valence-electron chi connectivity index (χ3n) is 1.91. The van der Waals surface area contributed by atoms with Crippen molar-refractivity contribution in [2.45, 2.75) is 6.04 Å². The van der Waals surface area contributed by atoms with Crippen LogP contribution in [0.4, 0.5) is 14.9 Å². The summed E-state index contributed by atoms with van der Waals surface area (Å²) in [5.74, 6) is -2.03. The Balaban J connectivity index is 2.67. The first-order valence-electron chi connectivity index (χ1n) is 4.79. The van der Waals surface area contributed by atoms with E-state index in [2.05, 4.69) is 5.32 Å². The lowest BCUT2D eigenvalue weighted by molar-refractivity contribution is -0.140. The van der Waals surface area contributed by atoms with Crippen molar-refractivity contribution in [2.24, 2.45) is 0 Å². The minimum Gasteiger partial charge on any atom is -0.480 e. The topological polar surface area (TPSA) is 98.7 Å².